The minimum Gasteiger partial charge on any atom is -0.480 e. The van der Waals surface area contributed by atoms with Crippen LogP contribution in [-0.4, -0.2) is 47.2 Å². The van der Waals surface area contributed by atoms with Crippen molar-refractivity contribution >= 4 is 5.97 Å². The summed E-state index contributed by atoms with van der Waals surface area (Å²) in [6.45, 7) is 11.4. The number of carboxylic acid groups (broad SMARTS) is 1. The van der Waals surface area contributed by atoms with Crippen molar-refractivity contribution in [3.8, 4) is 0 Å². The number of hydrogen-bond acceptors (Lipinski definition) is 3. The van der Waals surface area contributed by atoms with Gasteiger partial charge in [0.2, 0.25) is 0 Å². The Balaban J connectivity index is 2.42. The second kappa shape index (κ2) is 5.64. The quantitative estimate of drug-likeness (QED) is 0.816. The first-order valence-corrected chi connectivity index (χ1v) is 8.02. The van der Waals surface area contributed by atoms with Gasteiger partial charge >= 0.3 is 5.97 Å². The van der Waals surface area contributed by atoms with Crippen LogP contribution in [0.15, 0.2) is 0 Å². The van der Waals surface area contributed by atoms with Gasteiger partial charge in [-0.1, -0.05) is 27.7 Å². The van der Waals surface area contributed by atoms with Crippen molar-refractivity contribution in [3.63, 3.8) is 0 Å². The molecule has 2 atom stereocenters. The van der Waals surface area contributed by atoms with Crippen molar-refractivity contribution in [3.05, 3.63) is 0 Å². The van der Waals surface area contributed by atoms with Crippen molar-refractivity contribution in [2.24, 2.45) is 11.3 Å². The van der Waals surface area contributed by atoms with Gasteiger partial charge in [-0.05, 0) is 56.7 Å². The molecule has 116 valence electrons. The molecule has 20 heavy (non-hydrogen) atoms. The first-order valence-electron chi connectivity index (χ1n) is 8.02. The highest BCUT2D eigenvalue weighted by atomic mass is 16.4. The average molecular weight is 282 g/mol. The Labute approximate surface area is 122 Å². The molecule has 2 N–H and O–H groups in total. The lowest BCUT2D eigenvalue weighted by Crippen LogP contribution is -2.71. The number of carbonyl (C=O) groups is 1. The maximum Gasteiger partial charge on any atom is 0.324 e. The molecule has 0 aliphatic carbocycles. The van der Waals surface area contributed by atoms with Gasteiger partial charge in [0.1, 0.15) is 5.54 Å². The van der Waals surface area contributed by atoms with E-state index in [0.29, 0.717) is 6.04 Å². The molecule has 0 aromatic heterocycles. The fourth-order valence-corrected chi connectivity index (χ4v) is 4.65. The molecule has 1 unspecified atom stereocenters. The monoisotopic (exact) mass is 282 g/mol. The number of likely N-dealkylation sites (tertiary alicyclic amines) is 1. The van der Waals surface area contributed by atoms with Gasteiger partial charge < -0.3 is 10.4 Å². The number of piperidine rings is 2. The highest BCUT2D eigenvalue weighted by Gasteiger charge is 2.59. The summed E-state index contributed by atoms with van der Waals surface area (Å²) in [6, 6.07) is 0.411. The van der Waals surface area contributed by atoms with E-state index in [9.17, 15) is 9.90 Å². The zero-order valence-corrected chi connectivity index (χ0v) is 13.4. The van der Waals surface area contributed by atoms with Crippen LogP contribution in [0.1, 0.15) is 53.4 Å². The molecule has 0 amide bonds. The molecule has 2 fully saturated rings. The Morgan fingerprint density at radius 2 is 1.85 bits per heavy atom. The molecular formula is C16H30N2O2. The van der Waals surface area contributed by atoms with Crippen molar-refractivity contribution in [1.82, 2.24) is 10.2 Å². The fourth-order valence-electron chi connectivity index (χ4n) is 4.65. The van der Waals surface area contributed by atoms with E-state index in [0.717, 1.165) is 45.3 Å². The Hall–Kier alpha value is -0.610. The van der Waals surface area contributed by atoms with E-state index in [4.69, 9.17) is 0 Å². The highest BCUT2D eigenvalue weighted by molar-refractivity contribution is 5.80. The van der Waals surface area contributed by atoms with Gasteiger partial charge in [0.05, 0.1) is 0 Å². The smallest absolute Gasteiger partial charge is 0.324 e. The Kier molecular flexibility index (Phi) is 4.45. The van der Waals surface area contributed by atoms with Crippen molar-refractivity contribution in [1.29, 1.82) is 0 Å². The molecule has 4 heteroatoms. The van der Waals surface area contributed by atoms with Crippen molar-refractivity contribution in [2.75, 3.05) is 19.6 Å². The van der Waals surface area contributed by atoms with Crippen molar-refractivity contribution in [2.45, 2.75) is 65.0 Å². The minimum absolute atomic E-state index is 0.198. The van der Waals surface area contributed by atoms with Crippen molar-refractivity contribution < 1.29 is 9.90 Å². The van der Waals surface area contributed by atoms with Crippen LogP contribution in [0, 0.1) is 11.3 Å². The Morgan fingerprint density at radius 3 is 2.35 bits per heavy atom. The second-order valence-electron chi connectivity index (χ2n) is 7.54. The zero-order chi connectivity index (χ0) is 15.0. The number of nitrogens with zero attached hydrogens (tertiary/aromatic N) is 1. The lowest BCUT2D eigenvalue weighted by atomic mass is 9.62. The highest BCUT2D eigenvalue weighted by Crippen LogP contribution is 2.48. The molecule has 2 aliphatic rings. The predicted molar refractivity (Wildman–Crippen MR) is 80.8 cm³/mol. The number of hydrogen-bond donors (Lipinski definition) is 2. The fraction of sp³-hybridized carbons (Fsp3) is 0.938. The van der Waals surface area contributed by atoms with E-state index in [-0.39, 0.29) is 11.3 Å². The summed E-state index contributed by atoms with van der Waals surface area (Å²) in [5.41, 5.74) is -0.989. The molecule has 2 aliphatic heterocycles. The van der Waals surface area contributed by atoms with Crippen LogP contribution in [0.25, 0.3) is 0 Å². The molecule has 0 bridgehead atoms. The lowest BCUT2D eigenvalue weighted by Gasteiger charge is -2.58. The third kappa shape index (κ3) is 2.37. The number of rotatable bonds is 2. The van der Waals surface area contributed by atoms with Crippen LogP contribution in [-0.2, 0) is 4.79 Å². The van der Waals surface area contributed by atoms with Gasteiger partial charge in [-0.15, -0.1) is 0 Å². The topological polar surface area (TPSA) is 52.6 Å². The van der Waals surface area contributed by atoms with Crippen LogP contribution in [0.2, 0.25) is 0 Å². The normalized spacial score (nSPS) is 34.1. The van der Waals surface area contributed by atoms with Gasteiger partial charge in [-0.2, -0.15) is 0 Å². The van der Waals surface area contributed by atoms with Gasteiger partial charge in [-0.25, -0.2) is 0 Å². The van der Waals surface area contributed by atoms with Crippen LogP contribution in [0.4, 0.5) is 0 Å². The predicted octanol–water partition coefficient (Wildman–Crippen LogP) is 2.34. The molecule has 4 nitrogen and oxygen atoms in total. The summed E-state index contributed by atoms with van der Waals surface area (Å²) in [5, 5.41) is 13.5. The Bertz CT molecular complexity index is 358. The minimum atomic E-state index is -0.729. The number of carboxylic acids is 1. The molecule has 0 aromatic carbocycles. The summed E-state index contributed by atoms with van der Waals surface area (Å²) >= 11 is 0. The van der Waals surface area contributed by atoms with E-state index in [1.807, 2.05) is 0 Å². The van der Waals surface area contributed by atoms with Gasteiger partial charge in [-0.3, -0.25) is 9.69 Å². The third-order valence-electron chi connectivity index (χ3n) is 5.42. The van der Waals surface area contributed by atoms with Crippen LogP contribution in [0.5, 0.6) is 0 Å². The molecule has 0 aromatic rings. The maximum absolute atomic E-state index is 12.3. The maximum atomic E-state index is 12.3. The third-order valence-corrected chi connectivity index (χ3v) is 5.42. The molecule has 2 heterocycles. The largest absolute Gasteiger partial charge is 0.480 e. The van der Waals surface area contributed by atoms with E-state index in [2.05, 4.69) is 37.9 Å². The molecule has 2 rings (SSSR count). The lowest BCUT2D eigenvalue weighted by molar-refractivity contribution is -0.178. The zero-order valence-electron chi connectivity index (χ0n) is 13.4. The van der Waals surface area contributed by atoms with E-state index >= 15 is 0 Å². The summed E-state index contributed by atoms with van der Waals surface area (Å²) in [7, 11) is 0. The molecule has 2 saturated heterocycles. The summed E-state index contributed by atoms with van der Waals surface area (Å²) in [6.07, 6.45) is 4.27. The van der Waals surface area contributed by atoms with E-state index in [1.165, 1.54) is 0 Å². The molecule has 0 spiro atoms. The second-order valence-corrected chi connectivity index (χ2v) is 7.54. The average Bonchev–Trinajstić information content (AvgIpc) is 2.37. The van der Waals surface area contributed by atoms with Gasteiger partial charge in [0.25, 0.3) is 0 Å². The van der Waals surface area contributed by atoms with E-state index in [1.54, 1.807) is 0 Å². The van der Waals surface area contributed by atoms with Gasteiger partial charge in [0.15, 0.2) is 0 Å². The molecule has 0 saturated carbocycles. The van der Waals surface area contributed by atoms with Crippen LogP contribution in [0.3, 0.4) is 0 Å². The molecule has 0 radical (unpaired) electrons. The van der Waals surface area contributed by atoms with Crippen LogP contribution >= 0.6 is 0 Å². The number of nitrogens with one attached hydrogen (secondary N) is 1. The molecular weight excluding hydrogens is 252 g/mol. The summed E-state index contributed by atoms with van der Waals surface area (Å²) in [5.74, 6) is -0.431. The first kappa shape index (κ1) is 15.8. The summed E-state index contributed by atoms with van der Waals surface area (Å²) < 4.78 is 0. The SMILES string of the molecule is C[C@@H]1CCCN(C2CCNCC2)C1(C(=O)O)C(C)(C)C. The van der Waals surface area contributed by atoms with Gasteiger partial charge in [0, 0.05) is 6.04 Å². The summed E-state index contributed by atoms with van der Waals surface area (Å²) in [4.78, 5) is 14.7. The first-order chi connectivity index (χ1) is 9.31. The van der Waals surface area contributed by atoms with Crippen LogP contribution < -0.4 is 5.32 Å². The standard InChI is InChI=1S/C16H30N2O2/c1-12-6-5-11-18(13-7-9-17-10-8-13)16(12,14(19)20)15(2,3)4/h12-13,17H,5-11H2,1-4H3,(H,19,20)/t12-,16?/m1/s1. The Morgan fingerprint density at radius 1 is 1.25 bits per heavy atom. The van der Waals surface area contributed by atoms with E-state index < -0.39 is 11.5 Å². The number of aliphatic carboxylic acids is 1.